The molecule has 0 amide bonds. The zero-order valence-electron chi connectivity index (χ0n) is 18.8. The minimum Gasteiger partial charge on any atom is -0.496 e. The molecule has 7 heteroatoms. The van der Waals surface area contributed by atoms with E-state index in [-0.39, 0.29) is 18.8 Å². The second kappa shape index (κ2) is 11.1. The Morgan fingerprint density at radius 1 is 0.941 bits per heavy atom. The van der Waals surface area contributed by atoms with Crippen molar-refractivity contribution >= 4 is 11.6 Å². The van der Waals surface area contributed by atoms with Gasteiger partial charge in [-0.15, -0.1) is 0 Å². The molecule has 1 aliphatic carbocycles. The normalized spacial score (nSPS) is 17.1. The number of benzene rings is 1. The van der Waals surface area contributed by atoms with E-state index in [0.29, 0.717) is 35.7 Å². The van der Waals surface area contributed by atoms with Gasteiger partial charge in [0.05, 0.1) is 5.57 Å². The first-order valence-electron chi connectivity index (χ1n) is 11.5. The first-order valence-corrected chi connectivity index (χ1v) is 11.9. The largest absolute Gasteiger partial charge is 0.496 e. The van der Waals surface area contributed by atoms with Crippen molar-refractivity contribution in [2.24, 2.45) is 0 Å². The number of hydrogen-bond acceptors (Lipinski definition) is 3. The molecule has 1 aromatic heterocycles. The minimum absolute atomic E-state index is 0.0222. The number of ether oxygens (including phenoxy) is 1. The summed E-state index contributed by atoms with van der Waals surface area (Å²) in [5, 5.41) is 0.656. The van der Waals surface area contributed by atoms with Gasteiger partial charge in [-0.05, 0) is 74.5 Å². The van der Waals surface area contributed by atoms with Gasteiger partial charge in [0, 0.05) is 35.3 Å². The molecule has 3 nitrogen and oxygen atoms in total. The van der Waals surface area contributed by atoms with Crippen LogP contribution in [0.3, 0.4) is 0 Å². The number of likely N-dealkylation sites (tertiary alicyclic amines) is 1. The van der Waals surface area contributed by atoms with Crippen molar-refractivity contribution in [3.63, 3.8) is 0 Å². The molecule has 1 aliphatic heterocycles. The van der Waals surface area contributed by atoms with Crippen LogP contribution in [-0.2, 0) is 4.74 Å². The molecule has 0 saturated carbocycles. The molecule has 0 atom stereocenters. The van der Waals surface area contributed by atoms with Crippen LogP contribution in [-0.4, -0.2) is 42.3 Å². The number of nitrogens with zero attached hydrogens (tertiary/aromatic N) is 2. The third kappa shape index (κ3) is 6.65. The van der Waals surface area contributed by atoms with Crippen molar-refractivity contribution in [2.75, 3.05) is 26.2 Å². The highest BCUT2D eigenvalue weighted by atomic mass is 35.5. The highest BCUT2D eigenvalue weighted by Gasteiger charge is 2.37. The van der Waals surface area contributed by atoms with E-state index in [0.717, 1.165) is 43.1 Å². The Morgan fingerprint density at radius 2 is 1.68 bits per heavy atom. The molecule has 1 saturated heterocycles. The van der Waals surface area contributed by atoms with Crippen LogP contribution in [0.25, 0.3) is 11.1 Å². The van der Waals surface area contributed by atoms with E-state index in [1.807, 2.05) is 18.2 Å². The lowest BCUT2D eigenvalue weighted by Crippen LogP contribution is -2.24. The zero-order valence-corrected chi connectivity index (χ0v) is 19.6. The molecule has 0 N–H and O–H groups in total. The second-order valence-corrected chi connectivity index (χ2v) is 8.88. The van der Waals surface area contributed by atoms with Crippen molar-refractivity contribution in [1.82, 2.24) is 9.88 Å². The van der Waals surface area contributed by atoms with E-state index in [4.69, 9.17) is 16.3 Å². The summed E-state index contributed by atoms with van der Waals surface area (Å²) in [6, 6.07) is 11.1. The van der Waals surface area contributed by atoms with Gasteiger partial charge in [-0.25, -0.2) is 4.98 Å². The summed E-state index contributed by atoms with van der Waals surface area (Å²) in [5.74, 6) is 5.83. The molecule has 0 unspecified atom stereocenters. The molecule has 1 aromatic carbocycles. The third-order valence-corrected chi connectivity index (χ3v) is 6.20. The molecule has 2 aromatic rings. The monoisotopic (exact) mass is 486 g/mol. The first kappa shape index (κ1) is 24.4. The van der Waals surface area contributed by atoms with Crippen LogP contribution in [0.15, 0.2) is 65.6 Å². The summed E-state index contributed by atoms with van der Waals surface area (Å²) in [7, 11) is 0. The Kier molecular flexibility index (Phi) is 7.97. The van der Waals surface area contributed by atoms with Gasteiger partial charge in [0.25, 0.3) is 0 Å². The number of rotatable bonds is 5. The Bertz CT molecular complexity index is 1100. The van der Waals surface area contributed by atoms with Gasteiger partial charge in [-0.3, -0.25) is 4.90 Å². The lowest BCUT2D eigenvalue weighted by molar-refractivity contribution is -0.0920. The summed E-state index contributed by atoms with van der Waals surface area (Å²) >= 11 is 5.93. The van der Waals surface area contributed by atoms with E-state index in [9.17, 15) is 13.2 Å². The maximum atomic E-state index is 13.8. The highest BCUT2D eigenvalue weighted by Crippen LogP contribution is 2.35. The predicted molar refractivity (Wildman–Crippen MR) is 128 cm³/mol. The van der Waals surface area contributed by atoms with Crippen LogP contribution in [0.4, 0.5) is 13.2 Å². The van der Waals surface area contributed by atoms with Crippen molar-refractivity contribution in [2.45, 2.75) is 38.3 Å². The van der Waals surface area contributed by atoms with E-state index < -0.39 is 11.7 Å². The van der Waals surface area contributed by atoms with E-state index in [1.165, 1.54) is 0 Å². The molecule has 178 valence electrons. The van der Waals surface area contributed by atoms with Gasteiger partial charge in [-0.1, -0.05) is 35.7 Å². The number of alkyl halides is 3. The van der Waals surface area contributed by atoms with Gasteiger partial charge < -0.3 is 4.74 Å². The maximum Gasteiger partial charge on any atom is 0.419 e. The molecule has 34 heavy (non-hydrogen) atoms. The fraction of sp³-hybridized carbons (Fsp3) is 0.370. The lowest BCUT2D eigenvalue weighted by atomic mass is 10.1. The highest BCUT2D eigenvalue weighted by molar-refractivity contribution is 6.30. The molecule has 0 radical (unpaired) electrons. The number of halogens is 4. The Balaban J connectivity index is 1.48. The topological polar surface area (TPSA) is 25.4 Å². The van der Waals surface area contributed by atoms with Crippen LogP contribution in [0.2, 0.25) is 5.02 Å². The number of pyridine rings is 1. The minimum atomic E-state index is -4.49. The van der Waals surface area contributed by atoms with Gasteiger partial charge in [-0.2, -0.15) is 13.2 Å². The second-order valence-electron chi connectivity index (χ2n) is 8.44. The molecular formula is C27H26ClF3N2O. The Hall–Kier alpha value is -2.75. The van der Waals surface area contributed by atoms with E-state index in [2.05, 4.69) is 21.7 Å². The average molecular weight is 487 g/mol. The quantitative estimate of drug-likeness (QED) is 0.435. The Morgan fingerprint density at radius 3 is 2.35 bits per heavy atom. The van der Waals surface area contributed by atoms with Crippen molar-refractivity contribution in [1.29, 1.82) is 0 Å². The van der Waals surface area contributed by atoms with Crippen LogP contribution in [0.5, 0.6) is 0 Å². The summed E-state index contributed by atoms with van der Waals surface area (Å²) in [5.41, 5.74) is 2.10. The fourth-order valence-corrected chi connectivity index (χ4v) is 4.24. The van der Waals surface area contributed by atoms with Crippen molar-refractivity contribution in [3.8, 4) is 23.0 Å². The van der Waals surface area contributed by atoms with Crippen LogP contribution < -0.4 is 0 Å². The lowest BCUT2D eigenvalue weighted by Gasteiger charge is -2.18. The van der Waals surface area contributed by atoms with Crippen LogP contribution in [0.1, 0.15) is 37.8 Å². The van der Waals surface area contributed by atoms with Crippen LogP contribution in [0, 0.1) is 11.8 Å². The maximum absolute atomic E-state index is 13.8. The SMILES string of the molecule is FC(F)(F)C1=C(OCCN2CCCC2)CCCC(C#Cc2ccc(-c3ccc(Cl)cc3)cn2)=C1. The summed E-state index contributed by atoms with van der Waals surface area (Å²) < 4.78 is 47.1. The summed E-state index contributed by atoms with van der Waals surface area (Å²) in [6.45, 7) is 2.90. The molecule has 2 aliphatic rings. The molecule has 4 rings (SSSR count). The fourth-order valence-electron chi connectivity index (χ4n) is 4.12. The molecule has 0 spiro atoms. The predicted octanol–water partition coefficient (Wildman–Crippen LogP) is 6.79. The van der Waals surface area contributed by atoms with Crippen molar-refractivity contribution in [3.05, 3.63) is 76.3 Å². The molecular weight excluding hydrogens is 461 g/mol. The number of aromatic nitrogens is 1. The Labute approximate surface area is 203 Å². The first-order chi connectivity index (χ1) is 16.4. The molecule has 1 fully saturated rings. The summed E-state index contributed by atoms with van der Waals surface area (Å²) in [6.07, 6.45) is 1.91. The molecule has 0 bridgehead atoms. The zero-order chi connectivity index (χ0) is 24.0. The number of hydrogen-bond donors (Lipinski definition) is 0. The standard InChI is InChI=1S/C27H26ClF3N2O/c28-23-10-7-21(8-11-23)22-9-13-24(32-19-22)12-6-20-4-3-5-26(25(18-20)27(29,30)31)34-17-16-33-14-1-2-15-33/h7-11,13,18-19H,1-5,14-17H2. The van der Waals surface area contributed by atoms with Gasteiger partial charge >= 0.3 is 6.18 Å². The van der Waals surface area contributed by atoms with Crippen molar-refractivity contribution < 1.29 is 17.9 Å². The molecule has 2 heterocycles. The smallest absolute Gasteiger partial charge is 0.419 e. The number of allylic oxidation sites excluding steroid dienone is 4. The van der Waals surface area contributed by atoms with Crippen LogP contribution >= 0.6 is 11.6 Å². The summed E-state index contributed by atoms with van der Waals surface area (Å²) in [4.78, 5) is 6.57. The average Bonchev–Trinajstić information content (AvgIpc) is 3.24. The van der Waals surface area contributed by atoms with E-state index in [1.54, 1.807) is 24.4 Å². The third-order valence-electron chi connectivity index (χ3n) is 5.95. The van der Waals surface area contributed by atoms with Gasteiger partial charge in [0.1, 0.15) is 18.1 Å². The van der Waals surface area contributed by atoms with E-state index >= 15 is 0 Å². The van der Waals surface area contributed by atoms with Gasteiger partial charge in [0.2, 0.25) is 0 Å². The van der Waals surface area contributed by atoms with Gasteiger partial charge in [0.15, 0.2) is 0 Å².